The van der Waals surface area contributed by atoms with Crippen molar-refractivity contribution in [2.75, 3.05) is 37.9 Å². The van der Waals surface area contributed by atoms with Gasteiger partial charge >= 0.3 is 17.9 Å². The Morgan fingerprint density at radius 3 is 1.57 bits per heavy atom. The molecule has 4 rings (SSSR count). The number of hydrogen-bond donors (Lipinski definition) is 2. The lowest BCUT2D eigenvalue weighted by Crippen LogP contribution is -2.44. The Balaban J connectivity index is 1.69. The van der Waals surface area contributed by atoms with E-state index < -0.39 is 23.3 Å². The molecular formula is C54H72O7S2. The summed E-state index contributed by atoms with van der Waals surface area (Å²) in [5, 5.41) is 0. The Labute approximate surface area is 389 Å². The van der Waals surface area contributed by atoms with Crippen molar-refractivity contribution in [3.8, 4) is 28.0 Å². The molecule has 0 radical (unpaired) electrons. The second-order valence-corrected chi connectivity index (χ2v) is 18.6. The van der Waals surface area contributed by atoms with Gasteiger partial charge in [-0.15, -0.1) is 0 Å². The number of esters is 3. The van der Waals surface area contributed by atoms with E-state index in [9.17, 15) is 14.4 Å². The lowest BCUT2D eigenvalue weighted by atomic mass is 9.77. The summed E-state index contributed by atoms with van der Waals surface area (Å²) >= 11 is 9.13. The summed E-state index contributed by atoms with van der Waals surface area (Å²) in [6, 6.07) is 20.5. The SMILES string of the molecule is C=C(C)C(=O)OCC(COC(=O)C(=C)C)(COC(=O)C(=C)C)COc1c(CCCS)cc(-c2ccc(-c3ccc(C4CCC(CCCCC)CC4)cc3)cc2CC)cc1CCCS. The Morgan fingerprint density at radius 2 is 1.11 bits per heavy atom. The van der Waals surface area contributed by atoms with Crippen LogP contribution in [0.4, 0.5) is 0 Å². The van der Waals surface area contributed by atoms with Crippen LogP contribution in [0.3, 0.4) is 0 Å². The summed E-state index contributed by atoms with van der Waals surface area (Å²) in [7, 11) is 0. The Morgan fingerprint density at radius 1 is 0.619 bits per heavy atom. The molecule has 0 spiro atoms. The normalized spacial score (nSPS) is 15.0. The van der Waals surface area contributed by atoms with E-state index in [4.69, 9.17) is 18.9 Å². The first-order chi connectivity index (χ1) is 30.2. The molecule has 0 atom stereocenters. The van der Waals surface area contributed by atoms with Crippen LogP contribution in [-0.2, 0) is 47.9 Å². The van der Waals surface area contributed by atoms with Crippen molar-refractivity contribution in [1.29, 1.82) is 0 Å². The summed E-state index contributed by atoms with van der Waals surface area (Å²) in [6.45, 7) is 19.3. The van der Waals surface area contributed by atoms with Crippen molar-refractivity contribution in [3.05, 3.63) is 113 Å². The molecule has 9 heteroatoms. The highest BCUT2D eigenvalue weighted by Gasteiger charge is 2.38. The molecule has 1 saturated carbocycles. The Hall–Kier alpha value is -4.21. The molecule has 1 fully saturated rings. The number of rotatable bonds is 26. The molecule has 0 heterocycles. The van der Waals surface area contributed by atoms with Crippen LogP contribution in [0, 0.1) is 11.3 Å². The summed E-state index contributed by atoms with van der Waals surface area (Å²) in [6.07, 6.45) is 14.6. The maximum atomic E-state index is 12.7. The second kappa shape index (κ2) is 25.9. The van der Waals surface area contributed by atoms with E-state index in [1.807, 2.05) is 0 Å². The molecule has 0 aromatic heterocycles. The number of unbranched alkanes of at least 4 members (excludes halogenated alkanes) is 2. The summed E-state index contributed by atoms with van der Waals surface area (Å²) in [5.74, 6) is 1.70. The van der Waals surface area contributed by atoms with Crippen molar-refractivity contribution in [1.82, 2.24) is 0 Å². The van der Waals surface area contributed by atoms with E-state index >= 15 is 0 Å². The minimum Gasteiger partial charge on any atom is -0.492 e. The fraction of sp³-hybridized carbons (Fsp3) is 0.500. The van der Waals surface area contributed by atoms with Crippen molar-refractivity contribution < 1.29 is 33.3 Å². The molecule has 63 heavy (non-hydrogen) atoms. The maximum absolute atomic E-state index is 12.7. The highest BCUT2D eigenvalue weighted by atomic mass is 32.1. The van der Waals surface area contributed by atoms with Crippen LogP contribution in [0.1, 0.15) is 127 Å². The van der Waals surface area contributed by atoms with Gasteiger partial charge in [-0.1, -0.05) is 102 Å². The van der Waals surface area contributed by atoms with E-state index in [-0.39, 0.29) is 43.1 Å². The molecule has 7 nitrogen and oxygen atoms in total. The Bertz CT molecular complexity index is 1920. The highest BCUT2D eigenvalue weighted by molar-refractivity contribution is 7.80. The lowest BCUT2D eigenvalue weighted by Gasteiger charge is -2.33. The van der Waals surface area contributed by atoms with Crippen LogP contribution < -0.4 is 4.74 Å². The summed E-state index contributed by atoms with van der Waals surface area (Å²) < 4.78 is 23.8. The van der Waals surface area contributed by atoms with Gasteiger partial charge in [0.15, 0.2) is 0 Å². The number of hydrogen-bond acceptors (Lipinski definition) is 9. The number of thiol groups is 2. The lowest BCUT2D eigenvalue weighted by molar-refractivity contribution is -0.159. The minimum absolute atomic E-state index is 0.113. The van der Waals surface area contributed by atoms with Crippen molar-refractivity contribution in [3.63, 3.8) is 0 Å². The van der Waals surface area contributed by atoms with Crippen molar-refractivity contribution in [2.24, 2.45) is 11.3 Å². The second-order valence-electron chi connectivity index (χ2n) is 17.7. The predicted molar refractivity (Wildman–Crippen MR) is 265 cm³/mol. The molecular weight excluding hydrogens is 825 g/mol. The van der Waals surface area contributed by atoms with E-state index in [1.54, 1.807) is 20.8 Å². The third kappa shape index (κ3) is 15.5. The van der Waals surface area contributed by atoms with Gasteiger partial charge in [-0.2, -0.15) is 25.3 Å². The van der Waals surface area contributed by atoms with Crippen molar-refractivity contribution in [2.45, 2.75) is 124 Å². The van der Waals surface area contributed by atoms with Gasteiger partial charge in [0.1, 0.15) is 37.6 Å². The first-order valence-corrected chi connectivity index (χ1v) is 24.2. The fourth-order valence-corrected chi connectivity index (χ4v) is 8.59. The molecule has 342 valence electrons. The Kier molecular flexibility index (Phi) is 21.2. The van der Waals surface area contributed by atoms with Gasteiger partial charge in [-0.3, -0.25) is 0 Å². The minimum atomic E-state index is -1.29. The van der Waals surface area contributed by atoms with Crippen LogP contribution >= 0.6 is 25.3 Å². The fourth-order valence-electron chi connectivity index (χ4n) is 8.27. The maximum Gasteiger partial charge on any atom is 0.333 e. The van der Waals surface area contributed by atoms with E-state index in [0.29, 0.717) is 36.0 Å². The molecule has 0 saturated heterocycles. The first kappa shape index (κ1) is 51.4. The zero-order chi connectivity index (χ0) is 45.9. The van der Waals surface area contributed by atoms with Crippen LogP contribution in [0.2, 0.25) is 0 Å². The molecule has 3 aromatic carbocycles. The predicted octanol–water partition coefficient (Wildman–Crippen LogP) is 12.9. The van der Waals surface area contributed by atoms with Gasteiger partial charge in [0.2, 0.25) is 0 Å². The van der Waals surface area contributed by atoms with Crippen LogP contribution in [0.5, 0.6) is 5.75 Å². The number of carbonyl (C=O) groups excluding carboxylic acids is 3. The molecule has 0 amide bonds. The van der Waals surface area contributed by atoms with E-state index in [2.05, 4.69) is 113 Å². The van der Waals surface area contributed by atoms with Gasteiger partial charge in [0.05, 0.1) is 0 Å². The average molecular weight is 897 g/mol. The molecule has 0 N–H and O–H groups in total. The van der Waals surface area contributed by atoms with Gasteiger partial charge in [-0.05, 0) is 159 Å². The molecule has 1 aliphatic rings. The zero-order valence-corrected chi connectivity index (χ0v) is 40.4. The van der Waals surface area contributed by atoms with Gasteiger partial charge in [0, 0.05) is 16.7 Å². The van der Waals surface area contributed by atoms with E-state index in [1.165, 1.54) is 79.2 Å². The van der Waals surface area contributed by atoms with Gasteiger partial charge < -0.3 is 18.9 Å². The van der Waals surface area contributed by atoms with Crippen LogP contribution in [0.15, 0.2) is 91.1 Å². The number of aryl methyl sites for hydroxylation is 3. The summed E-state index contributed by atoms with van der Waals surface area (Å²) in [5.41, 5.74) is 8.70. The summed E-state index contributed by atoms with van der Waals surface area (Å²) in [4.78, 5) is 38.2. The first-order valence-electron chi connectivity index (χ1n) is 23.0. The highest BCUT2D eigenvalue weighted by Crippen LogP contribution is 2.40. The number of benzene rings is 3. The standard InChI is InChI=1S/C54H72O7S2/c1-9-11-12-15-40-18-20-42(21-19-40)43-22-24-44(25-23-43)45-26-27-49(41(10-2)30-45)48-31-46(16-13-28-62)50(47(32-48)17-14-29-63)58-33-54(34-59-51(55)37(3)4,35-60-52(56)38(5)6)36-61-53(57)39(7)8/h22-27,30-32,40,42,62-63H,3,5,7,9-21,28-29,33-36H2,1-2,4,6,8H3. The van der Waals surface area contributed by atoms with Crippen LogP contribution in [0.25, 0.3) is 22.3 Å². The van der Waals surface area contributed by atoms with Crippen molar-refractivity contribution >= 4 is 43.2 Å². The monoisotopic (exact) mass is 896 g/mol. The zero-order valence-electron chi connectivity index (χ0n) is 38.7. The van der Waals surface area contributed by atoms with E-state index in [0.717, 1.165) is 41.9 Å². The quantitative estimate of drug-likeness (QED) is 0.0273. The molecule has 3 aromatic rings. The molecule has 0 unspecified atom stereocenters. The third-order valence-electron chi connectivity index (χ3n) is 12.1. The smallest absolute Gasteiger partial charge is 0.333 e. The number of carbonyl (C=O) groups is 3. The topological polar surface area (TPSA) is 88.1 Å². The van der Waals surface area contributed by atoms with Crippen LogP contribution in [-0.4, -0.2) is 55.8 Å². The molecule has 0 bridgehead atoms. The average Bonchev–Trinajstić information content (AvgIpc) is 3.29. The van der Waals surface area contributed by atoms with Gasteiger partial charge in [-0.25, -0.2) is 14.4 Å². The van der Waals surface area contributed by atoms with Gasteiger partial charge in [0.25, 0.3) is 0 Å². The molecule has 1 aliphatic carbocycles. The third-order valence-corrected chi connectivity index (χ3v) is 12.8. The number of ether oxygens (including phenoxy) is 4. The largest absolute Gasteiger partial charge is 0.492 e. The molecule has 0 aliphatic heterocycles.